The summed E-state index contributed by atoms with van der Waals surface area (Å²) < 4.78 is 6.55. The molecule has 1 atom stereocenters. The van der Waals surface area contributed by atoms with Crippen molar-refractivity contribution < 1.29 is 4.74 Å². The molecule has 0 N–H and O–H groups in total. The highest BCUT2D eigenvalue weighted by molar-refractivity contribution is 9.10. The molecule has 1 aliphatic rings. The predicted molar refractivity (Wildman–Crippen MR) is 74.4 cm³/mol. The summed E-state index contributed by atoms with van der Waals surface area (Å²) in [5.74, 6) is 0. The minimum absolute atomic E-state index is 0.384. The summed E-state index contributed by atoms with van der Waals surface area (Å²) in [6.07, 6.45) is 1.50. The number of halogens is 2. The van der Waals surface area contributed by atoms with E-state index in [4.69, 9.17) is 4.74 Å². The molecule has 2 rings (SSSR count). The van der Waals surface area contributed by atoms with Gasteiger partial charge in [0.2, 0.25) is 0 Å². The maximum Gasteiger partial charge on any atom is 0.0762 e. The number of benzene rings is 1. The molecule has 0 aromatic heterocycles. The zero-order valence-corrected chi connectivity index (χ0v) is 12.4. The first-order valence-corrected chi connectivity index (χ1v) is 7.28. The second-order valence-corrected chi connectivity index (χ2v) is 5.42. The van der Waals surface area contributed by atoms with Crippen LogP contribution in [-0.4, -0.2) is 26.3 Å². The minimum atomic E-state index is 0.384. The normalized spacial score (nSPS) is 20.4. The maximum absolute atomic E-state index is 5.38. The van der Waals surface area contributed by atoms with Crippen molar-refractivity contribution in [1.29, 1.82) is 0 Å². The molecule has 1 saturated heterocycles. The zero-order chi connectivity index (χ0) is 11.5. The Kier molecular flexibility index (Phi) is 4.27. The Morgan fingerprint density at radius 1 is 1.50 bits per heavy atom. The second-order valence-electron chi connectivity index (χ2n) is 4.00. The largest absolute Gasteiger partial charge is 0.380 e. The summed E-state index contributed by atoms with van der Waals surface area (Å²) >= 11 is 7.07. The fourth-order valence-corrected chi connectivity index (χ4v) is 3.37. The van der Waals surface area contributed by atoms with Gasteiger partial charge in [0.25, 0.3) is 0 Å². The third-order valence-corrected chi connectivity index (χ3v) is 4.37. The molecule has 4 heteroatoms. The second kappa shape index (κ2) is 5.52. The number of alkyl halides is 1. The van der Waals surface area contributed by atoms with Gasteiger partial charge >= 0.3 is 0 Å². The summed E-state index contributed by atoms with van der Waals surface area (Å²) in [5, 5.41) is 0.883. The molecular weight excluding hydrogens is 334 g/mol. The van der Waals surface area contributed by atoms with E-state index < -0.39 is 0 Å². The Bertz CT molecular complexity index is 370. The molecule has 88 valence electrons. The number of nitrogens with zero attached hydrogens (tertiary/aromatic N) is 1. The van der Waals surface area contributed by atoms with Crippen molar-refractivity contribution in [2.24, 2.45) is 0 Å². The van der Waals surface area contributed by atoms with Crippen molar-refractivity contribution in [3.63, 3.8) is 0 Å². The molecule has 0 saturated carbocycles. The van der Waals surface area contributed by atoms with Crippen molar-refractivity contribution in [1.82, 2.24) is 0 Å². The summed E-state index contributed by atoms with van der Waals surface area (Å²) in [4.78, 5) is 2.37. The number of rotatable bonds is 3. The van der Waals surface area contributed by atoms with E-state index in [0.29, 0.717) is 6.10 Å². The topological polar surface area (TPSA) is 12.5 Å². The summed E-state index contributed by atoms with van der Waals surface area (Å²) in [6, 6.07) is 6.53. The lowest BCUT2D eigenvalue weighted by Crippen LogP contribution is -2.22. The zero-order valence-electron chi connectivity index (χ0n) is 9.25. The SMILES string of the molecule is COC1CCN(c2ccc(CBr)c(Br)c2)C1. The summed E-state index contributed by atoms with van der Waals surface area (Å²) in [5.41, 5.74) is 2.56. The monoisotopic (exact) mass is 347 g/mol. The minimum Gasteiger partial charge on any atom is -0.380 e. The first-order valence-electron chi connectivity index (χ1n) is 5.36. The molecule has 0 amide bonds. The third kappa shape index (κ3) is 2.60. The standard InChI is InChI=1S/C12H15Br2NO/c1-16-11-4-5-15(8-11)10-3-2-9(7-13)12(14)6-10/h2-3,6,11H,4-5,7-8H2,1H3. The highest BCUT2D eigenvalue weighted by atomic mass is 79.9. The number of anilines is 1. The van der Waals surface area contributed by atoms with Gasteiger partial charge in [-0.05, 0) is 24.1 Å². The highest BCUT2D eigenvalue weighted by Gasteiger charge is 2.22. The average molecular weight is 349 g/mol. The van der Waals surface area contributed by atoms with Gasteiger partial charge in [0.1, 0.15) is 0 Å². The van der Waals surface area contributed by atoms with E-state index >= 15 is 0 Å². The van der Waals surface area contributed by atoms with E-state index in [1.54, 1.807) is 7.11 Å². The molecule has 2 nitrogen and oxygen atoms in total. The van der Waals surface area contributed by atoms with Gasteiger partial charge in [0, 0.05) is 35.7 Å². The lowest BCUT2D eigenvalue weighted by molar-refractivity contribution is 0.121. The fraction of sp³-hybridized carbons (Fsp3) is 0.500. The summed E-state index contributed by atoms with van der Waals surface area (Å²) in [7, 11) is 1.79. The van der Waals surface area contributed by atoms with Gasteiger partial charge in [0.15, 0.2) is 0 Å². The molecule has 1 unspecified atom stereocenters. The Balaban J connectivity index is 2.13. The van der Waals surface area contributed by atoms with Crippen LogP contribution in [0, 0.1) is 0 Å². The molecule has 0 radical (unpaired) electrons. The van der Waals surface area contributed by atoms with Gasteiger partial charge in [-0.15, -0.1) is 0 Å². The molecule has 1 heterocycles. The smallest absolute Gasteiger partial charge is 0.0762 e. The number of hydrogen-bond acceptors (Lipinski definition) is 2. The number of methoxy groups -OCH3 is 1. The Morgan fingerprint density at radius 2 is 2.31 bits per heavy atom. The quantitative estimate of drug-likeness (QED) is 0.774. The van der Waals surface area contributed by atoms with Crippen molar-refractivity contribution in [3.05, 3.63) is 28.2 Å². The van der Waals surface area contributed by atoms with E-state index in [1.165, 1.54) is 15.7 Å². The van der Waals surface area contributed by atoms with E-state index in [1.807, 2.05) is 0 Å². The Hall–Kier alpha value is -0.0600. The van der Waals surface area contributed by atoms with Gasteiger partial charge in [-0.25, -0.2) is 0 Å². The molecule has 1 aromatic carbocycles. The van der Waals surface area contributed by atoms with Crippen molar-refractivity contribution in [2.75, 3.05) is 25.1 Å². The lowest BCUT2D eigenvalue weighted by Gasteiger charge is -2.19. The van der Waals surface area contributed by atoms with Crippen LogP contribution in [0.15, 0.2) is 22.7 Å². The van der Waals surface area contributed by atoms with Crippen LogP contribution in [0.2, 0.25) is 0 Å². The molecule has 16 heavy (non-hydrogen) atoms. The number of hydrogen-bond donors (Lipinski definition) is 0. The van der Waals surface area contributed by atoms with Crippen LogP contribution >= 0.6 is 31.9 Å². The van der Waals surface area contributed by atoms with Gasteiger partial charge in [-0.3, -0.25) is 0 Å². The van der Waals surface area contributed by atoms with Crippen LogP contribution in [0.1, 0.15) is 12.0 Å². The van der Waals surface area contributed by atoms with Gasteiger partial charge < -0.3 is 9.64 Å². The third-order valence-electron chi connectivity index (χ3n) is 3.02. The van der Waals surface area contributed by atoms with E-state index in [-0.39, 0.29) is 0 Å². The van der Waals surface area contributed by atoms with Crippen LogP contribution in [0.4, 0.5) is 5.69 Å². The van der Waals surface area contributed by atoms with Gasteiger partial charge in [-0.1, -0.05) is 37.9 Å². The first kappa shape index (κ1) is 12.4. The molecule has 0 bridgehead atoms. The fourth-order valence-electron chi connectivity index (χ4n) is 2.00. The van der Waals surface area contributed by atoms with Crippen LogP contribution in [0.25, 0.3) is 0 Å². The molecule has 1 aromatic rings. The number of ether oxygens (including phenoxy) is 1. The maximum atomic E-state index is 5.38. The van der Waals surface area contributed by atoms with Crippen LogP contribution < -0.4 is 4.90 Å². The van der Waals surface area contributed by atoms with E-state index in [0.717, 1.165) is 24.8 Å². The van der Waals surface area contributed by atoms with Crippen LogP contribution in [0.5, 0.6) is 0 Å². The first-order chi connectivity index (χ1) is 7.74. The Morgan fingerprint density at radius 3 is 2.88 bits per heavy atom. The molecular formula is C12H15Br2NO. The van der Waals surface area contributed by atoms with Gasteiger partial charge in [-0.2, -0.15) is 0 Å². The highest BCUT2D eigenvalue weighted by Crippen LogP contribution is 2.28. The lowest BCUT2D eigenvalue weighted by atomic mass is 10.2. The molecule has 0 spiro atoms. The summed E-state index contributed by atoms with van der Waals surface area (Å²) in [6.45, 7) is 2.08. The molecule has 0 aliphatic carbocycles. The average Bonchev–Trinajstić information content (AvgIpc) is 2.77. The Labute approximate surface area is 113 Å². The van der Waals surface area contributed by atoms with Crippen molar-refractivity contribution in [2.45, 2.75) is 17.9 Å². The van der Waals surface area contributed by atoms with E-state index in [9.17, 15) is 0 Å². The molecule has 1 aliphatic heterocycles. The van der Waals surface area contributed by atoms with Crippen LogP contribution in [-0.2, 0) is 10.1 Å². The predicted octanol–water partition coefficient (Wildman–Crippen LogP) is 3.57. The van der Waals surface area contributed by atoms with E-state index in [2.05, 4.69) is 55.0 Å². The van der Waals surface area contributed by atoms with Crippen LogP contribution in [0.3, 0.4) is 0 Å². The van der Waals surface area contributed by atoms with Crippen molar-refractivity contribution in [3.8, 4) is 0 Å². The van der Waals surface area contributed by atoms with Crippen molar-refractivity contribution >= 4 is 37.5 Å². The molecule has 1 fully saturated rings. The van der Waals surface area contributed by atoms with Gasteiger partial charge in [0.05, 0.1) is 6.10 Å².